The number of aromatic nitrogens is 2. The summed E-state index contributed by atoms with van der Waals surface area (Å²) in [5.41, 5.74) is 6.23. The highest BCUT2D eigenvalue weighted by Gasteiger charge is 2.28. The maximum absolute atomic E-state index is 13.1. The first-order valence-corrected chi connectivity index (χ1v) is 15.8. The lowest BCUT2D eigenvalue weighted by molar-refractivity contribution is 0.0785. The Balaban J connectivity index is 1.13. The van der Waals surface area contributed by atoms with Crippen molar-refractivity contribution in [1.82, 2.24) is 25.1 Å². The first kappa shape index (κ1) is 30.7. The molecule has 2 aliphatic rings. The van der Waals surface area contributed by atoms with Gasteiger partial charge >= 0.3 is 0 Å². The normalized spacial score (nSPS) is 16.7. The minimum atomic E-state index is -0.113. The monoisotopic (exact) mass is 582 g/mol. The molecule has 1 atom stereocenters. The number of amides is 2. The number of benzene rings is 1. The van der Waals surface area contributed by atoms with Gasteiger partial charge in [0.2, 0.25) is 0 Å². The molecule has 0 saturated carbocycles. The van der Waals surface area contributed by atoms with E-state index in [-0.39, 0.29) is 11.8 Å². The Morgan fingerprint density at radius 1 is 1.00 bits per heavy atom. The number of carbonyl (C=O) groups is 2. The summed E-state index contributed by atoms with van der Waals surface area (Å²) < 4.78 is 0. The summed E-state index contributed by atoms with van der Waals surface area (Å²) in [6, 6.07) is 15.4. The van der Waals surface area contributed by atoms with E-state index in [0.717, 1.165) is 70.4 Å². The van der Waals surface area contributed by atoms with E-state index in [1.54, 1.807) is 6.07 Å². The number of likely N-dealkylation sites (tertiary alicyclic amines) is 2. The van der Waals surface area contributed by atoms with E-state index < -0.39 is 0 Å². The first-order valence-electron chi connectivity index (χ1n) is 15.8. The van der Waals surface area contributed by atoms with Crippen LogP contribution in [0.3, 0.4) is 0 Å². The molecule has 228 valence electrons. The average molecular weight is 583 g/mol. The molecule has 2 amide bonds. The van der Waals surface area contributed by atoms with Gasteiger partial charge in [-0.2, -0.15) is 0 Å². The molecule has 2 saturated heterocycles. The van der Waals surface area contributed by atoms with Gasteiger partial charge in [0, 0.05) is 69.4 Å². The van der Waals surface area contributed by atoms with Crippen LogP contribution in [0.1, 0.15) is 82.3 Å². The smallest absolute Gasteiger partial charge is 0.272 e. The summed E-state index contributed by atoms with van der Waals surface area (Å²) in [5.74, 6) is -0.148. The zero-order chi connectivity index (χ0) is 30.3. The second-order valence-corrected chi connectivity index (χ2v) is 12.2. The number of carbonyl (C=O) groups excluding carboxylic acids is 2. The molecule has 2 aliphatic heterocycles. The van der Waals surface area contributed by atoms with E-state index in [0.29, 0.717) is 35.6 Å². The van der Waals surface area contributed by atoms with Crippen LogP contribution in [0.4, 0.5) is 5.69 Å². The number of anilines is 1. The van der Waals surface area contributed by atoms with Crippen LogP contribution in [0.15, 0.2) is 54.9 Å². The number of hydrogen-bond donors (Lipinski definition) is 1. The van der Waals surface area contributed by atoms with E-state index in [4.69, 9.17) is 0 Å². The largest absolute Gasteiger partial charge is 0.364 e. The van der Waals surface area contributed by atoms with Crippen molar-refractivity contribution in [2.24, 2.45) is 0 Å². The predicted octanol–water partition coefficient (Wildman–Crippen LogP) is 5.32. The number of nitrogens with one attached hydrogen (secondary N) is 1. The molecule has 1 unspecified atom stereocenters. The highest BCUT2D eigenvalue weighted by Crippen LogP contribution is 2.27. The van der Waals surface area contributed by atoms with Crippen LogP contribution in [0.5, 0.6) is 0 Å². The lowest BCUT2D eigenvalue weighted by Crippen LogP contribution is -2.48. The molecule has 8 heteroatoms. The Morgan fingerprint density at radius 3 is 2.40 bits per heavy atom. The molecule has 1 N–H and O–H groups in total. The summed E-state index contributed by atoms with van der Waals surface area (Å²) in [5, 5.41) is 3.12. The van der Waals surface area contributed by atoms with Crippen molar-refractivity contribution in [3.05, 3.63) is 88.5 Å². The van der Waals surface area contributed by atoms with E-state index in [1.165, 1.54) is 16.8 Å². The zero-order valence-electron chi connectivity index (χ0n) is 26.2. The molecule has 0 spiro atoms. The predicted molar refractivity (Wildman–Crippen MR) is 171 cm³/mol. The maximum Gasteiger partial charge on any atom is 0.272 e. The third kappa shape index (κ3) is 7.42. The summed E-state index contributed by atoms with van der Waals surface area (Å²) in [6.45, 7) is 13.2. The molecule has 2 fully saturated rings. The Bertz CT molecular complexity index is 1370. The third-order valence-corrected chi connectivity index (χ3v) is 9.22. The quantitative estimate of drug-likeness (QED) is 0.349. The van der Waals surface area contributed by atoms with E-state index in [9.17, 15) is 9.59 Å². The van der Waals surface area contributed by atoms with Crippen LogP contribution in [0.25, 0.3) is 0 Å². The molecule has 1 aromatic carbocycles. The second kappa shape index (κ2) is 14.1. The minimum absolute atomic E-state index is 0.0349. The fourth-order valence-corrected chi connectivity index (χ4v) is 6.57. The van der Waals surface area contributed by atoms with E-state index >= 15 is 0 Å². The van der Waals surface area contributed by atoms with Crippen molar-refractivity contribution in [3.63, 3.8) is 0 Å². The topological polar surface area (TPSA) is 81.7 Å². The number of nitrogens with zero attached hydrogens (tertiary/aromatic N) is 5. The summed E-state index contributed by atoms with van der Waals surface area (Å²) in [4.78, 5) is 41.8. The molecule has 0 bridgehead atoms. The van der Waals surface area contributed by atoms with E-state index in [1.807, 2.05) is 31.1 Å². The molecule has 0 aliphatic carbocycles. The third-order valence-electron chi connectivity index (χ3n) is 9.22. The Labute approximate surface area is 256 Å². The number of aryl methyl sites for hydroxylation is 3. The van der Waals surface area contributed by atoms with E-state index in [2.05, 4.69) is 75.3 Å². The van der Waals surface area contributed by atoms with Crippen LogP contribution in [-0.4, -0.2) is 76.4 Å². The van der Waals surface area contributed by atoms with Gasteiger partial charge in [-0.05, 0) is 101 Å². The van der Waals surface area contributed by atoms with Gasteiger partial charge in [0.15, 0.2) is 0 Å². The SMILES string of the molecule is Cc1ccncc1CN(c1ccccc1)C1CCN(C(C)CCNC(=O)c2c(C)cc(C(=O)N3CCCC3)nc2C)CC1. The highest BCUT2D eigenvalue weighted by atomic mass is 16.2. The van der Waals surface area contributed by atoms with Crippen LogP contribution < -0.4 is 10.2 Å². The van der Waals surface area contributed by atoms with Crippen LogP contribution in [0.2, 0.25) is 0 Å². The van der Waals surface area contributed by atoms with Crippen LogP contribution >= 0.6 is 0 Å². The summed E-state index contributed by atoms with van der Waals surface area (Å²) in [6.07, 6.45) is 9.01. The van der Waals surface area contributed by atoms with Gasteiger partial charge in [0.25, 0.3) is 11.8 Å². The molecule has 2 aromatic heterocycles. The standard InChI is InChI=1S/C35H46N6O2/c1-25-12-16-36-23-29(25)24-41(30-10-6-5-7-11-30)31-14-20-39(21-15-31)27(3)13-17-37-34(42)33-26(2)22-32(38-28(33)4)35(43)40-18-8-9-19-40/h5-7,10-12,16,22-23,27,31H,8-9,13-15,17-21,24H2,1-4H3,(H,37,42). The van der Waals surface area contributed by atoms with Crippen molar-refractivity contribution < 1.29 is 9.59 Å². The summed E-state index contributed by atoms with van der Waals surface area (Å²) in [7, 11) is 0. The first-order chi connectivity index (χ1) is 20.8. The molecular weight excluding hydrogens is 536 g/mol. The van der Waals surface area contributed by atoms with Crippen LogP contribution in [0, 0.1) is 20.8 Å². The van der Waals surface area contributed by atoms with Crippen molar-refractivity contribution in [3.8, 4) is 0 Å². The van der Waals surface area contributed by atoms with Crippen LogP contribution in [-0.2, 0) is 6.54 Å². The maximum atomic E-state index is 13.1. The second-order valence-electron chi connectivity index (χ2n) is 12.2. The lowest BCUT2D eigenvalue weighted by Gasteiger charge is -2.42. The molecule has 0 radical (unpaired) electrons. The van der Waals surface area contributed by atoms with Crippen molar-refractivity contribution >= 4 is 17.5 Å². The number of rotatable bonds is 10. The average Bonchev–Trinajstić information content (AvgIpc) is 3.56. The van der Waals surface area contributed by atoms with Gasteiger partial charge in [0.05, 0.1) is 11.3 Å². The molecular formula is C35H46N6O2. The highest BCUT2D eigenvalue weighted by molar-refractivity contribution is 5.98. The van der Waals surface area contributed by atoms with Gasteiger partial charge in [-0.15, -0.1) is 0 Å². The molecule has 5 rings (SSSR count). The van der Waals surface area contributed by atoms with Gasteiger partial charge in [0.1, 0.15) is 5.69 Å². The fraction of sp³-hybridized carbons (Fsp3) is 0.486. The van der Waals surface area contributed by atoms with Gasteiger partial charge < -0.3 is 20.0 Å². The molecule has 3 aromatic rings. The zero-order valence-corrected chi connectivity index (χ0v) is 26.2. The van der Waals surface area contributed by atoms with Crippen molar-refractivity contribution in [2.45, 2.75) is 78.4 Å². The minimum Gasteiger partial charge on any atom is -0.364 e. The number of para-hydroxylation sites is 1. The Kier molecular flexibility index (Phi) is 10.1. The van der Waals surface area contributed by atoms with Gasteiger partial charge in [-0.25, -0.2) is 4.98 Å². The lowest BCUT2D eigenvalue weighted by atomic mass is 9.99. The molecule has 43 heavy (non-hydrogen) atoms. The Hall–Kier alpha value is -3.78. The molecule has 8 nitrogen and oxygen atoms in total. The van der Waals surface area contributed by atoms with Crippen molar-refractivity contribution in [1.29, 1.82) is 0 Å². The Morgan fingerprint density at radius 2 is 1.72 bits per heavy atom. The van der Waals surface area contributed by atoms with Gasteiger partial charge in [-0.1, -0.05) is 18.2 Å². The molecule has 4 heterocycles. The number of piperidine rings is 1. The summed E-state index contributed by atoms with van der Waals surface area (Å²) >= 11 is 0. The number of pyridine rings is 2. The fourth-order valence-electron chi connectivity index (χ4n) is 6.57. The number of hydrogen-bond acceptors (Lipinski definition) is 6. The van der Waals surface area contributed by atoms with Crippen molar-refractivity contribution in [2.75, 3.05) is 37.6 Å². The van der Waals surface area contributed by atoms with Gasteiger partial charge in [-0.3, -0.25) is 14.6 Å².